The molecule has 11 heteroatoms. The Morgan fingerprint density at radius 3 is 2.31 bits per heavy atom. The van der Waals surface area contributed by atoms with E-state index in [1.165, 1.54) is 11.0 Å². The Balaban J connectivity index is 1.73. The van der Waals surface area contributed by atoms with Crippen molar-refractivity contribution >= 4 is 40.2 Å². The number of nitrogens with zero attached hydrogens (tertiary/aromatic N) is 2. The Kier molecular flexibility index (Phi) is 8.15. The molecule has 0 aliphatic heterocycles. The van der Waals surface area contributed by atoms with Crippen molar-refractivity contribution in [2.24, 2.45) is 0 Å². The summed E-state index contributed by atoms with van der Waals surface area (Å²) in [5, 5.41) is 3.71. The summed E-state index contributed by atoms with van der Waals surface area (Å²) in [6.45, 7) is 4.82. The van der Waals surface area contributed by atoms with Crippen LogP contribution >= 0.6 is 11.6 Å². The van der Waals surface area contributed by atoms with Crippen molar-refractivity contribution in [3.05, 3.63) is 94.4 Å². The lowest BCUT2D eigenvalue weighted by Crippen LogP contribution is -2.33. The number of anilines is 1. The number of carbonyl (C=O) groups is 2. The maximum Gasteiger partial charge on any atom is 0.419 e. The first kappa shape index (κ1) is 28.0. The molecule has 0 fully saturated rings. The summed E-state index contributed by atoms with van der Waals surface area (Å²) >= 11 is 5.98. The minimum absolute atomic E-state index is 0.0318. The largest absolute Gasteiger partial charge is 0.419 e. The van der Waals surface area contributed by atoms with Crippen LogP contribution in [0.3, 0.4) is 0 Å². The van der Waals surface area contributed by atoms with Gasteiger partial charge < -0.3 is 19.5 Å². The van der Waals surface area contributed by atoms with Crippen molar-refractivity contribution in [1.82, 2.24) is 9.47 Å². The second-order valence-electron chi connectivity index (χ2n) is 8.63. The number of carbonyl (C=O) groups excluding carboxylic acids is 2. The first-order valence-electron chi connectivity index (χ1n) is 12.0. The van der Waals surface area contributed by atoms with Crippen LogP contribution in [0.1, 0.15) is 35.3 Å². The minimum Gasteiger partial charge on any atom is -0.408 e. The normalized spacial score (nSPS) is 11.5. The fourth-order valence-electron chi connectivity index (χ4n) is 4.10. The van der Waals surface area contributed by atoms with Gasteiger partial charge >= 0.3 is 12.3 Å². The average Bonchev–Trinajstić information content (AvgIpc) is 3.29. The molecule has 4 rings (SSSR count). The van der Waals surface area contributed by atoms with Gasteiger partial charge in [0, 0.05) is 41.8 Å². The van der Waals surface area contributed by atoms with E-state index < -0.39 is 29.6 Å². The van der Waals surface area contributed by atoms with E-state index >= 15 is 0 Å². The van der Waals surface area contributed by atoms with Crippen molar-refractivity contribution in [2.75, 3.05) is 18.4 Å². The minimum atomic E-state index is -4.90. The van der Waals surface area contributed by atoms with Gasteiger partial charge in [0.25, 0.3) is 5.91 Å². The van der Waals surface area contributed by atoms with Crippen LogP contribution in [0.2, 0.25) is 5.02 Å². The van der Waals surface area contributed by atoms with E-state index in [1.54, 1.807) is 44.3 Å². The molecule has 0 radical (unpaired) electrons. The van der Waals surface area contributed by atoms with Crippen molar-refractivity contribution < 1.29 is 31.9 Å². The Labute approximate surface area is 226 Å². The number of hydrogen-bond donors (Lipinski definition) is 1. The van der Waals surface area contributed by atoms with E-state index in [9.17, 15) is 27.2 Å². The number of benzene rings is 3. The van der Waals surface area contributed by atoms with Crippen LogP contribution in [0.5, 0.6) is 5.75 Å². The molecule has 0 bridgehead atoms. The molecule has 0 unspecified atom stereocenters. The Morgan fingerprint density at radius 2 is 1.69 bits per heavy atom. The van der Waals surface area contributed by atoms with Gasteiger partial charge in [-0.15, -0.1) is 0 Å². The van der Waals surface area contributed by atoms with Gasteiger partial charge in [-0.3, -0.25) is 4.79 Å². The van der Waals surface area contributed by atoms with Gasteiger partial charge in [-0.2, -0.15) is 13.2 Å². The predicted octanol–water partition coefficient (Wildman–Crippen LogP) is 7.59. The van der Waals surface area contributed by atoms with Crippen molar-refractivity contribution in [1.29, 1.82) is 0 Å². The lowest BCUT2D eigenvalue weighted by Gasteiger charge is -2.20. The van der Waals surface area contributed by atoms with Gasteiger partial charge in [-0.1, -0.05) is 23.7 Å². The predicted molar refractivity (Wildman–Crippen MR) is 141 cm³/mol. The zero-order valence-electron chi connectivity index (χ0n) is 21.0. The van der Waals surface area contributed by atoms with Crippen molar-refractivity contribution in [3.8, 4) is 5.75 Å². The molecule has 1 aromatic heterocycles. The molecular weight excluding hydrogens is 538 g/mol. The number of fused-ring (bicyclic) bond motifs is 1. The summed E-state index contributed by atoms with van der Waals surface area (Å²) in [6, 6.07) is 14.1. The second kappa shape index (κ2) is 11.4. The van der Waals surface area contributed by atoms with Crippen LogP contribution in [0.25, 0.3) is 10.9 Å². The number of ether oxygens (including phenoxy) is 1. The lowest BCUT2D eigenvalue weighted by atomic mass is 10.1. The first-order valence-corrected chi connectivity index (χ1v) is 12.4. The van der Waals surface area contributed by atoms with Crippen LogP contribution in [-0.2, 0) is 12.7 Å². The molecule has 39 heavy (non-hydrogen) atoms. The Bertz CT molecular complexity index is 1510. The molecule has 6 nitrogen and oxygen atoms in total. The van der Waals surface area contributed by atoms with Gasteiger partial charge in [0.15, 0.2) is 5.75 Å². The molecule has 0 aliphatic carbocycles. The molecule has 2 amide bonds. The highest BCUT2D eigenvalue weighted by Crippen LogP contribution is 2.36. The van der Waals surface area contributed by atoms with Crippen molar-refractivity contribution in [2.45, 2.75) is 26.6 Å². The second-order valence-corrected chi connectivity index (χ2v) is 9.06. The standard InChI is InChI=1S/C28H24ClF4N3O3/c1-3-35(4-2)27(38)39-24-12-11-23-20(13-14-36(23)16-17-5-8-19(29)9-6-17)25(24)34-26(37)18-7-10-21(22(30)15-18)28(31,32)33/h5-15H,3-4,16H2,1-2H3,(H,34,37). The number of aromatic nitrogens is 1. The van der Waals surface area contributed by atoms with E-state index in [1.807, 2.05) is 16.7 Å². The maximum atomic E-state index is 14.2. The zero-order chi connectivity index (χ0) is 28.3. The number of halogens is 5. The third-order valence-corrected chi connectivity index (χ3v) is 6.43. The molecule has 4 aromatic rings. The van der Waals surface area contributed by atoms with Crippen molar-refractivity contribution in [3.63, 3.8) is 0 Å². The van der Waals surface area contributed by atoms with Gasteiger partial charge in [-0.05, 0) is 67.9 Å². The van der Waals surface area contributed by atoms with E-state index in [2.05, 4.69) is 5.32 Å². The van der Waals surface area contributed by atoms with E-state index in [-0.39, 0.29) is 17.0 Å². The summed E-state index contributed by atoms with van der Waals surface area (Å²) < 4.78 is 60.6. The smallest absolute Gasteiger partial charge is 0.408 e. The number of nitrogens with one attached hydrogen (secondary N) is 1. The van der Waals surface area contributed by atoms with Crippen LogP contribution in [0, 0.1) is 5.82 Å². The van der Waals surface area contributed by atoms with E-state index in [4.69, 9.17) is 16.3 Å². The first-order chi connectivity index (χ1) is 18.5. The van der Waals surface area contributed by atoms with Gasteiger partial charge in [0.05, 0.1) is 16.8 Å². The Morgan fingerprint density at radius 1 is 1.00 bits per heavy atom. The van der Waals surface area contributed by atoms with E-state index in [0.29, 0.717) is 47.7 Å². The molecule has 204 valence electrons. The summed E-state index contributed by atoms with van der Waals surface area (Å²) in [6.07, 6.45) is -3.76. The number of hydrogen-bond acceptors (Lipinski definition) is 3. The Hall–Kier alpha value is -4.05. The summed E-state index contributed by atoms with van der Waals surface area (Å²) in [5.74, 6) is -2.42. The topological polar surface area (TPSA) is 63.6 Å². The highest BCUT2D eigenvalue weighted by atomic mass is 35.5. The van der Waals surface area contributed by atoms with Gasteiger partial charge in [-0.25, -0.2) is 9.18 Å². The molecule has 0 saturated carbocycles. The lowest BCUT2D eigenvalue weighted by molar-refractivity contribution is -0.140. The average molecular weight is 562 g/mol. The summed E-state index contributed by atoms with van der Waals surface area (Å²) in [4.78, 5) is 27.2. The molecule has 3 aromatic carbocycles. The summed E-state index contributed by atoms with van der Waals surface area (Å²) in [5.41, 5.74) is -0.0530. The summed E-state index contributed by atoms with van der Waals surface area (Å²) in [7, 11) is 0. The maximum absolute atomic E-state index is 14.2. The van der Waals surface area contributed by atoms with Crippen LogP contribution in [-0.4, -0.2) is 34.6 Å². The number of alkyl halides is 3. The number of rotatable bonds is 7. The molecule has 0 saturated heterocycles. The fourth-order valence-corrected chi connectivity index (χ4v) is 4.23. The SMILES string of the molecule is CCN(CC)C(=O)Oc1ccc2c(ccn2Cc2ccc(Cl)cc2)c1NC(=O)c1ccc(C(F)(F)F)c(F)c1. The van der Waals surface area contributed by atoms with Gasteiger partial charge in [0.1, 0.15) is 5.82 Å². The monoisotopic (exact) mass is 561 g/mol. The molecule has 1 N–H and O–H groups in total. The highest BCUT2D eigenvalue weighted by molar-refractivity contribution is 6.30. The van der Waals surface area contributed by atoms with Crippen LogP contribution < -0.4 is 10.1 Å². The molecule has 0 aliphatic rings. The zero-order valence-corrected chi connectivity index (χ0v) is 21.7. The highest BCUT2D eigenvalue weighted by Gasteiger charge is 2.34. The molecule has 0 spiro atoms. The van der Waals surface area contributed by atoms with Crippen LogP contribution in [0.4, 0.5) is 28.0 Å². The number of amides is 2. The third-order valence-electron chi connectivity index (χ3n) is 6.18. The van der Waals surface area contributed by atoms with E-state index in [0.717, 1.165) is 11.6 Å². The molecule has 1 heterocycles. The molecule has 0 atom stereocenters. The van der Waals surface area contributed by atoms with Gasteiger partial charge in [0.2, 0.25) is 0 Å². The fraction of sp³-hybridized carbons (Fsp3) is 0.214. The third kappa shape index (κ3) is 6.17. The van der Waals surface area contributed by atoms with Crippen LogP contribution in [0.15, 0.2) is 66.9 Å². The quantitative estimate of drug-likeness (QED) is 0.236. The molecular formula is C28H24ClF4N3O3.